The Kier molecular flexibility index (Phi) is 6.28. The van der Waals surface area contributed by atoms with Crippen molar-refractivity contribution >= 4 is 38.7 Å². The van der Waals surface area contributed by atoms with Crippen molar-refractivity contribution < 1.29 is 18.0 Å². The van der Waals surface area contributed by atoms with E-state index in [1.54, 1.807) is 18.2 Å². The zero-order valence-electron chi connectivity index (χ0n) is 17.4. The Labute approximate surface area is 185 Å². The maximum atomic E-state index is 12.7. The lowest BCUT2D eigenvalue weighted by Gasteiger charge is -2.16. The molecule has 0 aliphatic heterocycles. The van der Waals surface area contributed by atoms with Gasteiger partial charge in [-0.05, 0) is 22.6 Å². The first-order chi connectivity index (χ1) is 14.5. The quantitative estimate of drug-likeness (QED) is 0.580. The number of primary amides is 1. The Balaban J connectivity index is 1.92. The highest BCUT2D eigenvalue weighted by Crippen LogP contribution is 2.30. The number of thiazole rings is 1. The Hall–Kier alpha value is -3.04. The number of hydrogen-bond donors (Lipinski definition) is 2. The number of aromatic nitrogens is 1. The number of rotatable bonds is 6. The fourth-order valence-corrected chi connectivity index (χ4v) is 6.03. The number of nitrogens with zero attached hydrogens (tertiary/aromatic N) is 1. The van der Waals surface area contributed by atoms with Crippen LogP contribution in [-0.4, -0.2) is 31.0 Å². The normalized spacial score (nSPS) is 11.8. The summed E-state index contributed by atoms with van der Waals surface area (Å²) in [5.41, 5.74) is 6.87. The van der Waals surface area contributed by atoms with Crippen molar-refractivity contribution in [1.29, 1.82) is 0 Å². The van der Waals surface area contributed by atoms with E-state index in [1.165, 1.54) is 5.38 Å². The highest BCUT2D eigenvalue weighted by atomic mass is 32.2. The molecule has 2 aromatic carbocycles. The summed E-state index contributed by atoms with van der Waals surface area (Å²) in [6, 6.07) is 14.2. The van der Waals surface area contributed by atoms with Gasteiger partial charge in [-0.15, -0.1) is 11.3 Å². The first-order valence-electron chi connectivity index (χ1n) is 9.46. The molecule has 0 saturated heterocycles. The van der Waals surface area contributed by atoms with Crippen LogP contribution in [0.25, 0.3) is 11.1 Å². The molecule has 0 aliphatic rings. The molecule has 0 radical (unpaired) electrons. The molecule has 7 nitrogen and oxygen atoms in total. The van der Waals surface area contributed by atoms with Crippen molar-refractivity contribution in [2.45, 2.75) is 25.1 Å². The molecule has 0 spiro atoms. The van der Waals surface area contributed by atoms with Gasteiger partial charge in [-0.25, -0.2) is 13.4 Å². The second kappa shape index (κ2) is 8.60. The first kappa shape index (κ1) is 22.6. The lowest BCUT2D eigenvalue weighted by atomic mass is 9.97. The second-order valence-corrected chi connectivity index (χ2v) is 11.3. The van der Waals surface area contributed by atoms with Crippen LogP contribution < -0.4 is 11.1 Å². The number of hydrogen-bond acceptors (Lipinski definition) is 6. The number of sulfone groups is 1. The molecule has 0 unspecified atom stereocenters. The zero-order valence-corrected chi connectivity index (χ0v) is 19.0. The largest absolute Gasteiger partial charge is 0.366 e. The van der Waals surface area contributed by atoms with Crippen molar-refractivity contribution in [1.82, 2.24) is 4.98 Å². The van der Waals surface area contributed by atoms with E-state index >= 15 is 0 Å². The summed E-state index contributed by atoms with van der Waals surface area (Å²) in [5, 5.41) is 4.03. The third kappa shape index (κ3) is 5.36. The molecule has 0 saturated carbocycles. The van der Waals surface area contributed by atoms with Crippen LogP contribution in [-0.2, 0) is 9.84 Å². The molecular formula is C22H23N3O4S2. The van der Waals surface area contributed by atoms with Crippen LogP contribution in [0.2, 0.25) is 0 Å². The maximum absolute atomic E-state index is 12.7. The summed E-state index contributed by atoms with van der Waals surface area (Å²) in [7, 11) is -3.61. The van der Waals surface area contributed by atoms with Crippen LogP contribution in [0, 0.1) is 5.41 Å². The van der Waals surface area contributed by atoms with E-state index in [9.17, 15) is 18.0 Å². The summed E-state index contributed by atoms with van der Waals surface area (Å²) in [4.78, 5) is 28.9. The molecule has 3 aromatic rings. The van der Waals surface area contributed by atoms with E-state index in [1.807, 2.05) is 51.1 Å². The summed E-state index contributed by atoms with van der Waals surface area (Å²) < 4.78 is 25.0. The lowest BCUT2D eigenvalue weighted by molar-refractivity contribution is 0.100. The van der Waals surface area contributed by atoms with Gasteiger partial charge in [0.2, 0.25) is 14.2 Å². The highest BCUT2D eigenvalue weighted by Gasteiger charge is 2.27. The number of anilines is 1. The van der Waals surface area contributed by atoms with Gasteiger partial charge in [0.25, 0.3) is 11.8 Å². The minimum Gasteiger partial charge on any atom is -0.366 e. The molecule has 3 N–H and O–H groups in total. The monoisotopic (exact) mass is 457 g/mol. The molecule has 3 rings (SSSR count). The molecule has 0 fully saturated rings. The van der Waals surface area contributed by atoms with Gasteiger partial charge < -0.3 is 11.1 Å². The van der Waals surface area contributed by atoms with E-state index in [0.29, 0.717) is 5.56 Å². The van der Waals surface area contributed by atoms with Crippen LogP contribution in [0.15, 0.2) is 58.3 Å². The van der Waals surface area contributed by atoms with Gasteiger partial charge in [-0.2, -0.15) is 0 Å². The van der Waals surface area contributed by atoms with Gasteiger partial charge in [0.15, 0.2) is 0 Å². The molecule has 0 atom stereocenters. The van der Waals surface area contributed by atoms with Crippen LogP contribution in [0.1, 0.15) is 41.6 Å². The summed E-state index contributed by atoms with van der Waals surface area (Å²) in [6.45, 7) is 5.45. The number of carbonyl (C=O) groups is 2. The third-order valence-electron chi connectivity index (χ3n) is 4.25. The van der Waals surface area contributed by atoms with Crippen molar-refractivity contribution in [3.63, 3.8) is 0 Å². The zero-order chi connectivity index (χ0) is 22.8. The van der Waals surface area contributed by atoms with E-state index in [2.05, 4.69) is 10.3 Å². The van der Waals surface area contributed by atoms with Gasteiger partial charge in [-0.1, -0.05) is 63.2 Å². The van der Waals surface area contributed by atoms with Crippen LogP contribution in [0.3, 0.4) is 0 Å². The summed E-state index contributed by atoms with van der Waals surface area (Å²) >= 11 is 0.895. The van der Waals surface area contributed by atoms with Crippen molar-refractivity contribution in [3.05, 3.63) is 65.2 Å². The Bertz CT molecular complexity index is 1230. The molecule has 2 amide bonds. The predicted octanol–water partition coefficient (Wildman–Crippen LogP) is 3.98. The van der Waals surface area contributed by atoms with E-state index in [-0.39, 0.29) is 27.0 Å². The van der Waals surface area contributed by atoms with Crippen molar-refractivity contribution in [3.8, 4) is 11.1 Å². The van der Waals surface area contributed by atoms with Gasteiger partial charge >= 0.3 is 0 Å². The van der Waals surface area contributed by atoms with Crippen LogP contribution in [0.4, 0.5) is 5.69 Å². The average molecular weight is 458 g/mol. The SMILES string of the molecule is CC(C)(C)CS(=O)(=O)c1nc(C(=O)Nc2cccc(-c3ccccc3)c2C(N)=O)cs1. The fourth-order valence-electron chi connectivity index (χ4n) is 3.10. The summed E-state index contributed by atoms with van der Waals surface area (Å²) in [6.07, 6.45) is 0. The number of nitrogens with two attached hydrogens (primary N) is 1. The molecular weight excluding hydrogens is 434 g/mol. The van der Waals surface area contributed by atoms with E-state index < -0.39 is 27.1 Å². The van der Waals surface area contributed by atoms with Gasteiger partial charge in [0.1, 0.15) is 5.69 Å². The van der Waals surface area contributed by atoms with Gasteiger partial charge in [0, 0.05) is 5.38 Å². The topological polar surface area (TPSA) is 119 Å². The standard InChI is InChI=1S/C22H23N3O4S2/c1-22(2,3)13-31(28,29)21-25-17(12-30-21)20(27)24-16-11-7-10-15(18(16)19(23)26)14-8-5-4-6-9-14/h4-12H,13H2,1-3H3,(H2,23,26)(H,24,27). The van der Waals surface area contributed by atoms with Gasteiger partial charge in [0.05, 0.1) is 17.0 Å². The Morgan fingerprint density at radius 2 is 1.74 bits per heavy atom. The minimum atomic E-state index is -3.61. The molecule has 1 heterocycles. The molecule has 31 heavy (non-hydrogen) atoms. The van der Waals surface area contributed by atoms with Crippen molar-refractivity contribution in [2.24, 2.45) is 11.1 Å². The predicted molar refractivity (Wildman–Crippen MR) is 122 cm³/mol. The average Bonchev–Trinajstić information content (AvgIpc) is 3.18. The first-order valence-corrected chi connectivity index (χ1v) is 12.0. The van der Waals surface area contributed by atoms with Crippen LogP contribution >= 0.6 is 11.3 Å². The molecule has 0 aliphatic carbocycles. The molecule has 9 heteroatoms. The minimum absolute atomic E-state index is 0.0435. The molecule has 1 aromatic heterocycles. The molecule has 0 bridgehead atoms. The maximum Gasteiger partial charge on any atom is 0.275 e. The smallest absolute Gasteiger partial charge is 0.275 e. The third-order valence-corrected chi connectivity index (χ3v) is 7.80. The van der Waals surface area contributed by atoms with E-state index in [4.69, 9.17) is 5.73 Å². The number of carbonyl (C=O) groups excluding carboxylic acids is 2. The second-order valence-electron chi connectivity index (χ2n) is 8.23. The fraction of sp³-hybridized carbons (Fsp3) is 0.227. The molecule has 162 valence electrons. The van der Waals surface area contributed by atoms with Crippen LogP contribution in [0.5, 0.6) is 0 Å². The Morgan fingerprint density at radius 3 is 2.35 bits per heavy atom. The Morgan fingerprint density at radius 1 is 1.06 bits per heavy atom. The van der Waals surface area contributed by atoms with E-state index in [0.717, 1.165) is 16.9 Å². The number of nitrogens with one attached hydrogen (secondary N) is 1. The lowest BCUT2D eigenvalue weighted by Crippen LogP contribution is -2.21. The summed E-state index contributed by atoms with van der Waals surface area (Å²) in [5.74, 6) is -1.40. The number of amides is 2. The van der Waals surface area contributed by atoms with Gasteiger partial charge in [-0.3, -0.25) is 9.59 Å². The van der Waals surface area contributed by atoms with Crippen molar-refractivity contribution in [2.75, 3.05) is 11.1 Å². The highest BCUT2D eigenvalue weighted by molar-refractivity contribution is 7.93. The number of benzene rings is 2.